The second-order valence-electron chi connectivity index (χ2n) is 5.14. The number of hydrogen-bond acceptors (Lipinski definition) is 4. The lowest BCUT2D eigenvalue weighted by Gasteiger charge is -2.00. The Morgan fingerprint density at radius 3 is 2.70 bits per heavy atom. The highest BCUT2D eigenvalue weighted by atomic mass is 32.1. The predicted molar refractivity (Wildman–Crippen MR) is 80.8 cm³/mol. The minimum Gasteiger partial charge on any atom is -0.367 e. The molecule has 4 heteroatoms. The third kappa shape index (κ3) is 1.84. The maximum Gasteiger partial charge on any atom is 0.231 e. The van der Waals surface area contributed by atoms with E-state index in [9.17, 15) is 0 Å². The van der Waals surface area contributed by atoms with Gasteiger partial charge in [0.25, 0.3) is 0 Å². The molecule has 2 unspecified atom stereocenters. The van der Waals surface area contributed by atoms with Crippen molar-refractivity contribution < 1.29 is 4.52 Å². The number of anilines is 1. The number of nitrogen functional groups attached to an aromatic ring is 1. The molecule has 0 spiro atoms. The van der Waals surface area contributed by atoms with Gasteiger partial charge in [0, 0.05) is 10.8 Å². The summed E-state index contributed by atoms with van der Waals surface area (Å²) in [5.41, 5.74) is 9.33. The van der Waals surface area contributed by atoms with E-state index in [1.54, 1.807) is 11.3 Å². The zero-order valence-electron chi connectivity index (χ0n) is 10.8. The van der Waals surface area contributed by atoms with Crippen LogP contribution in [0.2, 0.25) is 0 Å². The molecule has 2 N–H and O–H groups in total. The number of aromatic nitrogens is 1. The van der Waals surface area contributed by atoms with Gasteiger partial charge in [-0.1, -0.05) is 41.6 Å². The highest BCUT2D eigenvalue weighted by molar-refractivity contribution is 7.13. The molecule has 0 saturated heterocycles. The Kier molecular flexibility index (Phi) is 2.63. The predicted octanol–water partition coefficient (Wildman–Crippen LogP) is 4.26. The third-order valence-electron chi connectivity index (χ3n) is 3.88. The molecule has 4 rings (SSSR count). The standard InChI is InChI=1S/C16H14N2OS/c17-16-14(13-7-4-8-20-13)15(18-19-16)12-9-11(12)10-5-2-1-3-6-10/h1-8,11-12H,9,17H2. The molecule has 1 aliphatic carbocycles. The average Bonchev–Trinajstić information content (AvgIpc) is 2.91. The summed E-state index contributed by atoms with van der Waals surface area (Å²) in [5, 5.41) is 6.26. The van der Waals surface area contributed by atoms with Crippen LogP contribution in [0, 0.1) is 0 Å². The van der Waals surface area contributed by atoms with Crippen LogP contribution in [-0.4, -0.2) is 5.16 Å². The Balaban J connectivity index is 1.69. The summed E-state index contributed by atoms with van der Waals surface area (Å²) in [4.78, 5) is 1.14. The van der Waals surface area contributed by atoms with Gasteiger partial charge in [0.1, 0.15) is 0 Å². The van der Waals surface area contributed by atoms with Crippen molar-refractivity contribution in [3.8, 4) is 10.4 Å². The Labute approximate surface area is 121 Å². The van der Waals surface area contributed by atoms with Crippen molar-refractivity contribution in [2.75, 3.05) is 5.73 Å². The van der Waals surface area contributed by atoms with Gasteiger partial charge in [-0.3, -0.25) is 0 Å². The van der Waals surface area contributed by atoms with Crippen LogP contribution in [0.15, 0.2) is 52.4 Å². The summed E-state index contributed by atoms with van der Waals surface area (Å²) in [6.07, 6.45) is 1.12. The summed E-state index contributed by atoms with van der Waals surface area (Å²) in [6.45, 7) is 0. The summed E-state index contributed by atoms with van der Waals surface area (Å²) in [7, 11) is 0. The van der Waals surface area contributed by atoms with Gasteiger partial charge in [-0.15, -0.1) is 11.3 Å². The Morgan fingerprint density at radius 2 is 1.95 bits per heavy atom. The number of thiophene rings is 1. The molecular weight excluding hydrogens is 268 g/mol. The molecule has 0 radical (unpaired) electrons. The van der Waals surface area contributed by atoms with Crippen molar-refractivity contribution in [3.05, 3.63) is 59.1 Å². The number of hydrogen-bond donors (Lipinski definition) is 1. The van der Waals surface area contributed by atoms with E-state index in [1.807, 2.05) is 17.5 Å². The van der Waals surface area contributed by atoms with E-state index >= 15 is 0 Å². The molecule has 1 aliphatic rings. The van der Waals surface area contributed by atoms with Gasteiger partial charge in [0.05, 0.1) is 11.3 Å². The van der Waals surface area contributed by atoms with Gasteiger partial charge in [-0.25, -0.2) is 0 Å². The zero-order chi connectivity index (χ0) is 13.5. The highest BCUT2D eigenvalue weighted by Gasteiger charge is 2.43. The average molecular weight is 282 g/mol. The lowest BCUT2D eigenvalue weighted by atomic mass is 10.1. The van der Waals surface area contributed by atoms with Crippen LogP contribution >= 0.6 is 11.3 Å². The van der Waals surface area contributed by atoms with Crippen LogP contribution in [0.4, 0.5) is 5.88 Å². The van der Waals surface area contributed by atoms with Gasteiger partial charge in [0.15, 0.2) is 0 Å². The fraction of sp³-hybridized carbons (Fsp3) is 0.188. The van der Waals surface area contributed by atoms with Crippen LogP contribution in [0.1, 0.15) is 29.5 Å². The van der Waals surface area contributed by atoms with Gasteiger partial charge in [-0.05, 0) is 29.3 Å². The molecule has 0 amide bonds. The largest absolute Gasteiger partial charge is 0.367 e. The first-order chi connectivity index (χ1) is 9.84. The van der Waals surface area contributed by atoms with Crippen LogP contribution in [0.3, 0.4) is 0 Å². The summed E-state index contributed by atoms with van der Waals surface area (Å²) >= 11 is 1.67. The Bertz CT molecular complexity index is 718. The van der Waals surface area contributed by atoms with Crippen molar-refractivity contribution in [2.45, 2.75) is 18.3 Å². The van der Waals surface area contributed by atoms with Crippen LogP contribution in [-0.2, 0) is 0 Å². The van der Waals surface area contributed by atoms with E-state index in [4.69, 9.17) is 10.3 Å². The lowest BCUT2D eigenvalue weighted by Crippen LogP contribution is -1.89. The fourth-order valence-corrected chi connectivity index (χ4v) is 3.59. The van der Waals surface area contributed by atoms with E-state index < -0.39 is 0 Å². The van der Waals surface area contributed by atoms with Crippen molar-refractivity contribution >= 4 is 17.2 Å². The van der Waals surface area contributed by atoms with Crippen LogP contribution in [0.5, 0.6) is 0 Å². The molecule has 1 saturated carbocycles. The third-order valence-corrected chi connectivity index (χ3v) is 4.77. The SMILES string of the molecule is Nc1onc(C2CC2c2ccccc2)c1-c1cccs1. The first kappa shape index (κ1) is 11.7. The maximum atomic E-state index is 5.96. The first-order valence-electron chi connectivity index (χ1n) is 6.68. The molecule has 20 heavy (non-hydrogen) atoms. The molecule has 2 aromatic heterocycles. The van der Waals surface area contributed by atoms with Crippen molar-refractivity contribution in [1.29, 1.82) is 0 Å². The summed E-state index contributed by atoms with van der Waals surface area (Å²) in [5.74, 6) is 1.40. The number of benzene rings is 1. The summed E-state index contributed by atoms with van der Waals surface area (Å²) < 4.78 is 5.24. The monoisotopic (exact) mass is 282 g/mol. The van der Waals surface area contributed by atoms with Gasteiger partial charge < -0.3 is 10.3 Å². The minimum absolute atomic E-state index is 0.426. The van der Waals surface area contributed by atoms with E-state index in [-0.39, 0.29) is 0 Å². The first-order valence-corrected chi connectivity index (χ1v) is 7.56. The van der Waals surface area contributed by atoms with Crippen molar-refractivity contribution in [3.63, 3.8) is 0 Å². The highest BCUT2D eigenvalue weighted by Crippen LogP contribution is 2.57. The Hall–Kier alpha value is -2.07. The number of nitrogens with two attached hydrogens (primary N) is 1. The zero-order valence-corrected chi connectivity index (χ0v) is 11.6. The number of nitrogens with zero attached hydrogens (tertiary/aromatic N) is 1. The smallest absolute Gasteiger partial charge is 0.231 e. The van der Waals surface area contributed by atoms with E-state index in [0.717, 1.165) is 22.6 Å². The molecule has 2 heterocycles. The molecule has 0 bridgehead atoms. The van der Waals surface area contributed by atoms with Crippen LogP contribution < -0.4 is 5.73 Å². The van der Waals surface area contributed by atoms with Crippen molar-refractivity contribution in [2.24, 2.45) is 0 Å². The van der Waals surface area contributed by atoms with Gasteiger partial charge >= 0.3 is 0 Å². The molecule has 3 nitrogen and oxygen atoms in total. The van der Waals surface area contributed by atoms with E-state index in [1.165, 1.54) is 5.56 Å². The van der Waals surface area contributed by atoms with Crippen molar-refractivity contribution in [1.82, 2.24) is 5.16 Å². The summed E-state index contributed by atoms with van der Waals surface area (Å²) in [6, 6.07) is 14.7. The van der Waals surface area contributed by atoms with E-state index in [2.05, 4.69) is 35.5 Å². The quantitative estimate of drug-likeness (QED) is 0.781. The lowest BCUT2D eigenvalue weighted by molar-refractivity contribution is 0.427. The van der Waals surface area contributed by atoms with E-state index in [0.29, 0.717) is 17.7 Å². The number of rotatable bonds is 3. The maximum absolute atomic E-state index is 5.96. The second kappa shape index (κ2) is 4.49. The fourth-order valence-electron chi connectivity index (χ4n) is 2.80. The van der Waals surface area contributed by atoms with Gasteiger partial charge in [0.2, 0.25) is 5.88 Å². The molecular formula is C16H14N2OS. The molecule has 1 aromatic carbocycles. The normalized spacial score (nSPS) is 21.0. The Morgan fingerprint density at radius 1 is 1.10 bits per heavy atom. The minimum atomic E-state index is 0.426. The van der Waals surface area contributed by atoms with Gasteiger partial charge in [-0.2, -0.15) is 0 Å². The topological polar surface area (TPSA) is 52.0 Å². The molecule has 0 aliphatic heterocycles. The molecule has 100 valence electrons. The molecule has 2 atom stereocenters. The molecule has 1 fully saturated rings. The second-order valence-corrected chi connectivity index (χ2v) is 6.09. The van der Waals surface area contributed by atoms with Crippen LogP contribution in [0.25, 0.3) is 10.4 Å². The molecule has 3 aromatic rings.